The van der Waals surface area contributed by atoms with Crippen LogP contribution < -0.4 is 11.1 Å². The van der Waals surface area contributed by atoms with E-state index in [1.165, 1.54) is 6.07 Å². The van der Waals surface area contributed by atoms with Crippen molar-refractivity contribution >= 4 is 42.1 Å². The van der Waals surface area contributed by atoms with E-state index in [1.54, 1.807) is 11.4 Å². The number of nitrogens with zero attached hydrogens (tertiary/aromatic N) is 1. The highest BCUT2D eigenvalue weighted by Gasteiger charge is 2.30. The SMILES string of the molecule is Cl.Cl.NC1CCC(NC(=O)c2csc(-c3cccc(C(F)(F)F)c3)n2)CC1. The quantitative estimate of drug-likeness (QED) is 0.726. The molecule has 1 heterocycles. The first-order valence-electron chi connectivity index (χ1n) is 8.02. The van der Waals surface area contributed by atoms with E-state index >= 15 is 0 Å². The molecule has 1 aromatic heterocycles. The van der Waals surface area contributed by atoms with Gasteiger partial charge in [0.15, 0.2) is 0 Å². The molecule has 1 aliphatic rings. The molecule has 3 N–H and O–H groups in total. The number of thiazole rings is 1. The molecule has 3 rings (SSSR count). The molecule has 1 fully saturated rings. The summed E-state index contributed by atoms with van der Waals surface area (Å²) in [4.78, 5) is 16.5. The van der Waals surface area contributed by atoms with Crippen LogP contribution in [0.2, 0.25) is 0 Å². The van der Waals surface area contributed by atoms with E-state index in [0.717, 1.165) is 49.2 Å². The van der Waals surface area contributed by atoms with Crippen LogP contribution in [0.1, 0.15) is 41.7 Å². The second-order valence-corrected chi connectivity index (χ2v) is 7.06. The summed E-state index contributed by atoms with van der Waals surface area (Å²) in [5.74, 6) is -0.296. The Labute approximate surface area is 171 Å². The lowest BCUT2D eigenvalue weighted by atomic mass is 9.92. The highest BCUT2D eigenvalue weighted by Crippen LogP contribution is 2.33. The Morgan fingerprint density at radius 2 is 1.85 bits per heavy atom. The van der Waals surface area contributed by atoms with Gasteiger partial charge in [0.1, 0.15) is 10.7 Å². The summed E-state index contributed by atoms with van der Waals surface area (Å²) >= 11 is 1.15. The molecule has 150 valence electrons. The van der Waals surface area contributed by atoms with Gasteiger partial charge in [0.05, 0.1) is 5.56 Å². The fourth-order valence-corrected chi connectivity index (χ4v) is 3.66. The van der Waals surface area contributed by atoms with Gasteiger partial charge >= 0.3 is 6.18 Å². The van der Waals surface area contributed by atoms with Gasteiger partial charge in [-0.15, -0.1) is 36.2 Å². The Morgan fingerprint density at radius 1 is 1.19 bits per heavy atom. The molecule has 27 heavy (non-hydrogen) atoms. The summed E-state index contributed by atoms with van der Waals surface area (Å²) in [7, 11) is 0. The number of nitrogens with two attached hydrogens (primary N) is 1. The Hall–Kier alpha value is -1.35. The third-order valence-electron chi connectivity index (χ3n) is 4.28. The van der Waals surface area contributed by atoms with E-state index in [0.29, 0.717) is 10.6 Å². The van der Waals surface area contributed by atoms with Crippen molar-refractivity contribution in [2.24, 2.45) is 5.73 Å². The second-order valence-electron chi connectivity index (χ2n) is 6.20. The minimum Gasteiger partial charge on any atom is -0.348 e. The van der Waals surface area contributed by atoms with E-state index in [9.17, 15) is 18.0 Å². The Balaban J connectivity index is 0.00000182. The number of amides is 1. The van der Waals surface area contributed by atoms with Crippen molar-refractivity contribution < 1.29 is 18.0 Å². The average Bonchev–Trinajstić information content (AvgIpc) is 3.06. The van der Waals surface area contributed by atoms with Gasteiger partial charge in [0.25, 0.3) is 5.91 Å². The van der Waals surface area contributed by atoms with Crippen LogP contribution in [0.3, 0.4) is 0 Å². The predicted molar refractivity (Wildman–Crippen MR) is 105 cm³/mol. The molecule has 2 aromatic rings. The maximum Gasteiger partial charge on any atom is 0.416 e. The van der Waals surface area contributed by atoms with E-state index < -0.39 is 11.7 Å². The number of hydrogen-bond donors (Lipinski definition) is 2. The van der Waals surface area contributed by atoms with E-state index in [-0.39, 0.29) is 48.5 Å². The third kappa shape index (κ3) is 6.07. The maximum absolute atomic E-state index is 12.8. The van der Waals surface area contributed by atoms with Crippen molar-refractivity contribution in [3.8, 4) is 10.6 Å². The van der Waals surface area contributed by atoms with Gasteiger partial charge in [-0.2, -0.15) is 13.2 Å². The van der Waals surface area contributed by atoms with Gasteiger partial charge in [0, 0.05) is 23.0 Å². The molecular formula is C17H20Cl2F3N3OS. The van der Waals surface area contributed by atoms with Crippen molar-refractivity contribution in [3.63, 3.8) is 0 Å². The molecule has 10 heteroatoms. The standard InChI is InChI=1S/C17H18F3N3OS.2ClH/c18-17(19,20)11-3-1-2-10(8-11)16-23-14(9-25-16)15(24)22-13-6-4-12(21)5-7-13;;/h1-3,8-9,12-13H,4-7,21H2,(H,22,24);2*1H. The van der Waals surface area contributed by atoms with Crippen LogP contribution in [-0.2, 0) is 6.18 Å². The summed E-state index contributed by atoms with van der Waals surface area (Å²) in [5, 5.41) is 4.89. The lowest BCUT2D eigenvalue weighted by Gasteiger charge is -2.26. The largest absolute Gasteiger partial charge is 0.416 e. The van der Waals surface area contributed by atoms with Crippen LogP contribution in [0.15, 0.2) is 29.6 Å². The monoisotopic (exact) mass is 441 g/mol. The molecule has 0 radical (unpaired) electrons. The van der Waals surface area contributed by atoms with Gasteiger partial charge < -0.3 is 11.1 Å². The molecule has 0 atom stereocenters. The smallest absolute Gasteiger partial charge is 0.348 e. The lowest BCUT2D eigenvalue weighted by Crippen LogP contribution is -2.40. The van der Waals surface area contributed by atoms with Gasteiger partial charge in [-0.05, 0) is 37.8 Å². The third-order valence-corrected chi connectivity index (χ3v) is 5.17. The predicted octanol–water partition coefficient (Wildman–Crippen LogP) is 4.67. The molecule has 1 aromatic carbocycles. The number of halogens is 5. The lowest BCUT2D eigenvalue weighted by molar-refractivity contribution is -0.137. The summed E-state index contributed by atoms with van der Waals surface area (Å²) in [5.41, 5.74) is 5.69. The van der Waals surface area contributed by atoms with Gasteiger partial charge in [-0.25, -0.2) is 4.98 Å². The van der Waals surface area contributed by atoms with Crippen LogP contribution in [0.25, 0.3) is 10.6 Å². The Kier molecular flexibility index (Phi) is 8.53. The number of alkyl halides is 3. The number of nitrogens with one attached hydrogen (secondary N) is 1. The first-order chi connectivity index (χ1) is 11.8. The zero-order valence-electron chi connectivity index (χ0n) is 14.2. The van der Waals surface area contributed by atoms with Crippen LogP contribution >= 0.6 is 36.2 Å². The molecule has 0 spiro atoms. The van der Waals surface area contributed by atoms with Crippen LogP contribution in [0.5, 0.6) is 0 Å². The molecule has 1 saturated carbocycles. The normalized spacial score (nSPS) is 19.6. The van der Waals surface area contributed by atoms with Crippen molar-refractivity contribution in [2.75, 3.05) is 0 Å². The zero-order chi connectivity index (χ0) is 18.0. The molecule has 0 saturated heterocycles. The fourth-order valence-electron chi connectivity index (χ4n) is 2.86. The van der Waals surface area contributed by atoms with E-state index in [2.05, 4.69) is 10.3 Å². The Morgan fingerprint density at radius 3 is 2.48 bits per heavy atom. The molecule has 0 aliphatic heterocycles. The van der Waals surface area contributed by atoms with Crippen molar-refractivity contribution in [1.29, 1.82) is 0 Å². The van der Waals surface area contributed by atoms with Crippen molar-refractivity contribution in [3.05, 3.63) is 40.9 Å². The molecule has 0 unspecified atom stereocenters. The topological polar surface area (TPSA) is 68.0 Å². The van der Waals surface area contributed by atoms with Gasteiger partial charge in [-0.3, -0.25) is 4.79 Å². The number of carbonyl (C=O) groups is 1. The molecular weight excluding hydrogens is 422 g/mol. The molecule has 1 amide bonds. The summed E-state index contributed by atoms with van der Waals surface area (Å²) in [6.45, 7) is 0. The molecule has 0 bridgehead atoms. The fraction of sp³-hybridized carbons (Fsp3) is 0.412. The molecule has 4 nitrogen and oxygen atoms in total. The second kappa shape index (κ2) is 9.73. The number of benzene rings is 1. The van der Waals surface area contributed by atoms with Crippen molar-refractivity contribution in [2.45, 2.75) is 43.9 Å². The average molecular weight is 442 g/mol. The van der Waals surface area contributed by atoms with Gasteiger partial charge in [-0.1, -0.05) is 12.1 Å². The van der Waals surface area contributed by atoms with E-state index in [4.69, 9.17) is 5.73 Å². The molecule has 1 aliphatic carbocycles. The van der Waals surface area contributed by atoms with Crippen LogP contribution in [-0.4, -0.2) is 23.0 Å². The Bertz CT molecular complexity index is 762. The van der Waals surface area contributed by atoms with E-state index in [1.807, 2.05) is 0 Å². The highest BCUT2D eigenvalue weighted by atomic mass is 35.5. The van der Waals surface area contributed by atoms with Gasteiger partial charge in [0.2, 0.25) is 0 Å². The van der Waals surface area contributed by atoms with Crippen LogP contribution in [0.4, 0.5) is 13.2 Å². The minimum atomic E-state index is -4.41. The summed E-state index contributed by atoms with van der Waals surface area (Å²) < 4.78 is 38.4. The minimum absolute atomic E-state index is 0. The number of hydrogen-bond acceptors (Lipinski definition) is 4. The zero-order valence-corrected chi connectivity index (χ0v) is 16.6. The first kappa shape index (κ1) is 23.7. The number of rotatable bonds is 3. The maximum atomic E-state index is 12.8. The number of carbonyl (C=O) groups excluding carboxylic acids is 1. The summed E-state index contributed by atoms with van der Waals surface area (Å²) in [6.07, 6.45) is -1.00. The van der Waals surface area contributed by atoms with Crippen LogP contribution in [0, 0.1) is 0 Å². The summed E-state index contributed by atoms with van der Waals surface area (Å²) in [6, 6.07) is 5.22. The number of aromatic nitrogens is 1. The first-order valence-corrected chi connectivity index (χ1v) is 8.90. The van der Waals surface area contributed by atoms with Crippen molar-refractivity contribution in [1.82, 2.24) is 10.3 Å². The highest BCUT2D eigenvalue weighted by molar-refractivity contribution is 7.13.